The Morgan fingerprint density at radius 2 is 0.631 bits per heavy atom. The number of hydrogen-bond acceptors (Lipinski definition) is 20. The van der Waals surface area contributed by atoms with Crippen LogP contribution in [0, 0.1) is 35.5 Å². The molecule has 0 aromatic carbocycles. The molecule has 5 heterocycles. The van der Waals surface area contributed by atoms with E-state index in [1.165, 1.54) is 7.11 Å². The molecule has 0 aliphatic carbocycles. The largest absolute Gasteiger partial charge is 0.438 e. The Hall–Kier alpha value is -3.05. The van der Waals surface area contributed by atoms with E-state index in [9.17, 15) is 24.0 Å². The number of carbonyl (C=O) groups excluding carboxylic acids is 5. The molecule has 0 aromatic heterocycles. The summed E-state index contributed by atoms with van der Waals surface area (Å²) >= 11 is 0. The lowest BCUT2D eigenvalue weighted by Gasteiger charge is -2.16. The first-order valence-corrected chi connectivity index (χ1v) is 32.4. The number of ether oxygens (including phenoxy) is 15. The monoisotopic (exact) mass is 1210 g/mol. The summed E-state index contributed by atoms with van der Waals surface area (Å²) in [5.41, 5.74) is 0. The van der Waals surface area contributed by atoms with Crippen LogP contribution in [0.5, 0.6) is 0 Å². The first-order valence-electron chi connectivity index (χ1n) is 32.4. The van der Waals surface area contributed by atoms with Crippen molar-refractivity contribution in [3.63, 3.8) is 0 Å². The van der Waals surface area contributed by atoms with Gasteiger partial charge in [0.05, 0.1) is 110 Å². The van der Waals surface area contributed by atoms with Gasteiger partial charge < -0.3 is 71.1 Å². The van der Waals surface area contributed by atoms with E-state index in [4.69, 9.17) is 71.1 Å². The Kier molecular flexibility index (Phi) is 45.1. The molecular weight excluding hydrogens is 1090 g/mol. The molecule has 0 amide bonds. The first kappa shape index (κ1) is 79.0. The topological polar surface area (TPSA) is 224 Å². The molecule has 0 saturated carbocycles. The standard InChI is InChI=1S/2C14H26O4.C13H24O4.C12H22O4.C11H20O4/c1-5-11-7-12(13(6-2)18-11)14(15)17-9-16-8-10(3)4;1-4-7-8-16-10-17-14(15)12-9-11(5-2)18-13(12)6-3;1-4-7-15-9-16-13(14)11-8-10(5-2)17-12(11)6-3;1-4-9-7-10(11(5-2)16-9)12(13)15-8-14-6-3;1-4-8-6-9(10(5-2)15-8)11(12)14-7-13-3/h10-13H,5-9H2,1-4H3;11-13H,4-10H2,1-3H3;10-12H,4-9H2,1-3H3;9-11H,4-8H2,1-3H3;8-10H,4-7H2,1-3H3. The minimum atomic E-state index is -0.195. The van der Waals surface area contributed by atoms with Crippen molar-refractivity contribution in [3.8, 4) is 0 Å². The van der Waals surface area contributed by atoms with E-state index in [1.807, 2.05) is 48.5 Å². The van der Waals surface area contributed by atoms with Gasteiger partial charge in [-0.05, 0) is 122 Å². The smallest absolute Gasteiger partial charge is 0.313 e. The maximum Gasteiger partial charge on any atom is 0.313 e. The number of unbranched alkanes of at least 4 members (excludes halogenated alkanes) is 1. The van der Waals surface area contributed by atoms with Crippen molar-refractivity contribution in [3.05, 3.63) is 0 Å². The Labute approximate surface area is 506 Å². The van der Waals surface area contributed by atoms with E-state index in [1.54, 1.807) is 0 Å². The Morgan fingerprint density at radius 3 is 0.869 bits per heavy atom. The molecule has 494 valence electrons. The third-order valence-electron chi connectivity index (χ3n) is 15.6. The molecular formula is C64H118O20. The zero-order valence-electron chi connectivity index (χ0n) is 55.0. The number of hydrogen-bond donors (Lipinski definition) is 0. The predicted octanol–water partition coefficient (Wildman–Crippen LogP) is 12.0. The Bertz CT molecular complexity index is 1700. The highest BCUT2D eigenvalue weighted by Crippen LogP contribution is 2.35. The molecule has 0 radical (unpaired) electrons. The molecule has 15 atom stereocenters. The van der Waals surface area contributed by atoms with Gasteiger partial charge in [-0.2, -0.15) is 0 Å². The van der Waals surface area contributed by atoms with Crippen LogP contribution in [0.1, 0.15) is 219 Å². The van der Waals surface area contributed by atoms with Crippen molar-refractivity contribution < 1.29 is 95.0 Å². The number of esters is 5. The van der Waals surface area contributed by atoms with E-state index in [-0.39, 0.29) is 154 Å². The van der Waals surface area contributed by atoms with Crippen molar-refractivity contribution in [1.82, 2.24) is 0 Å². The zero-order valence-corrected chi connectivity index (χ0v) is 55.0. The van der Waals surface area contributed by atoms with Crippen molar-refractivity contribution >= 4 is 29.8 Å². The second-order valence-electron chi connectivity index (χ2n) is 22.4. The fourth-order valence-corrected chi connectivity index (χ4v) is 10.5. The number of carbonyl (C=O) groups is 5. The number of methoxy groups -OCH3 is 1. The van der Waals surface area contributed by atoms with Crippen LogP contribution in [0.15, 0.2) is 0 Å². The summed E-state index contributed by atoms with van der Waals surface area (Å²) in [7, 11) is 1.50. The van der Waals surface area contributed by atoms with Gasteiger partial charge in [0.2, 0.25) is 0 Å². The van der Waals surface area contributed by atoms with E-state index in [0.717, 1.165) is 116 Å². The molecule has 5 rings (SSSR count). The minimum absolute atomic E-state index is 0.00699. The molecule has 0 N–H and O–H groups in total. The maximum absolute atomic E-state index is 11.9. The van der Waals surface area contributed by atoms with Crippen LogP contribution in [0.2, 0.25) is 0 Å². The second kappa shape index (κ2) is 47.9. The van der Waals surface area contributed by atoms with Gasteiger partial charge >= 0.3 is 29.8 Å². The van der Waals surface area contributed by atoms with Crippen LogP contribution in [-0.2, 0) is 95.0 Å². The highest BCUT2D eigenvalue weighted by Gasteiger charge is 2.43. The highest BCUT2D eigenvalue weighted by atomic mass is 16.7. The summed E-state index contributed by atoms with van der Waals surface area (Å²) < 4.78 is 79.7. The number of rotatable bonds is 33. The van der Waals surface area contributed by atoms with Crippen LogP contribution in [-0.4, -0.2) is 158 Å². The fourth-order valence-electron chi connectivity index (χ4n) is 10.5. The van der Waals surface area contributed by atoms with E-state index >= 15 is 0 Å². The molecule has 84 heavy (non-hydrogen) atoms. The first-order chi connectivity index (χ1) is 40.5. The van der Waals surface area contributed by atoms with Gasteiger partial charge in [-0.15, -0.1) is 0 Å². The third kappa shape index (κ3) is 30.2. The fraction of sp³-hybridized carbons (Fsp3) is 0.922. The van der Waals surface area contributed by atoms with Crippen molar-refractivity contribution in [2.75, 3.05) is 67.5 Å². The van der Waals surface area contributed by atoms with Crippen molar-refractivity contribution in [2.45, 2.75) is 280 Å². The van der Waals surface area contributed by atoms with Gasteiger partial charge in [0, 0.05) is 13.7 Å². The summed E-state index contributed by atoms with van der Waals surface area (Å²) in [6.07, 6.45) is 17.0. The predicted molar refractivity (Wildman–Crippen MR) is 318 cm³/mol. The third-order valence-corrected chi connectivity index (χ3v) is 15.6. The molecule has 5 fully saturated rings. The summed E-state index contributed by atoms with van der Waals surface area (Å²) in [6, 6.07) is 0. The van der Waals surface area contributed by atoms with Crippen LogP contribution in [0.4, 0.5) is 0 Å². The van der Waals surface area contributed by atoms with Gasteiger partial charge in [-0.25, -0.2) is 0 Å². The lowest BCUT2D eigenvalue weighted by molar-refractivity contribution is -0.164. The quantitative estimate of drug-likeness (QED) is 0.0258. The van der Waals surface area contributed by atoms with E-state index in [0.29, 0.717) is 32.3 Å². The Morgan fingerprint density at radius 1 is 0.357 bits per heavy atom. The molecule has 5 aliphatic heterocycles. The van der Waals surface area contributed by atoms with Gasteiger partial charge in [-0.1, -0.05) is 103 Å². The SMILES string of the molecule is CCC1CC(C(=O)OCOC)C(CC)O1.CCC1CC(C(=O)OCOCC(C)C)C(CC)O1.CCCCOCOC(=O)C1CC(CC)OC1CC.CCCOCOC(=O)C1CC(CC)OC1CC.CCOCOC(=O)C1CC(CC)OC1CC. The lowest BCUT2D eigenvalue weighted by atomic mass is 9.97. The van der Waals surface area contributed by atoms with Gasteiger partial charge in [-0.3, -0.25) is 24.0 Å². The summed E-state index contributed by atoms with van der Waals surface area (Å²) in [6.45, 7) is 33.4. The molecule has 5 saturated heterocycles. The summed E-state index contributed by atoms with van der Waals surface area (Å²) in [5.74, 6) is -1.04. The van der Waals surface area contributed by atoms with Crippen LogP contribution >= 0.6 is 0 Å². The molecule has 0 spiro atoms. The molecule has 5 aliphatic rings. The van der Waals surface area contributed by atoms with Gasteiger partial charge in [0.15, 0.2) is 34.0 Å². The van der Waals surface area contributed by atoms with Crippen molar-refractivity contribution in [2.24, 2.45) is 35.5 Å². The molecule has 0 aromatic rings. The average Bonchev–Trinajstić information content (AvgIpc) is 4.58. The van der Waals surface area contributed by atoms with E-state index in [2.05, 4.69) is 55.4 Å². The van der Waals surface area contributed by atoms with Crippen LogP contribution in [0.3, 0.4) is 0 Å². The second-order valence-corrected chi connectivity index (χ2v) is 22.4. The molecule has 0 bridgehead atoms. The minimum Gasteiger partial charge on any atom is -0.438 e. The average molecular weight is 1210 g/mol. The van der Waals surface area contributed by atoms with Crippen molar-refractivity contribution in [1.29, 1.82) is 0 Å². The molecule has 15 unspecified atom stereocenters. The Balaban J connectivity index is 0.000000526. The lowest BCUT2D eigenvalue weighted by Crippen LogP contribution is -2.26. The maximum atomic E-state index is 11.9. The van der Waals surface area contributed by atoms with Gasteiger partial charge in [0.1, 0.15) is 0 Å². The molecule has 20 heteroatoms. The van der Waals surface area contributed by atoms with Gasteiger partial charge in [0.25, 0.3) is 0 Å². The molecule has 20 nitrogen and oxygen atoms in total. The zero-order chi connectivity index (χ0) is 62.8. The van der Waals surface area contributed by atoms with Crippen LogP contribution in [0.25, 0.3) is 0 Å². The normalized spacial score (nSPS) is 28.6. The summed E-state index contributed by atoms with van der Waals surface area (Å²) in [4.78, 5) is 59.1. The summed E-state index contributed by atoms with van der Waals surface area (Å²) in [5, 5.41) is 0. The van der Waals surface area contributed by atoms with E-state index < -0.39 is 0 Å². The highest BCUT2D eigenvalue weighted by molar-refractivity contribution is 5.75. The van der Waals surface area contributed by atoms with Crippen LogP contribution < -0.4 is 0 Å².